The zero-order valence-corrected chi connectivity index (χ0v) is 14.0. The molecule has 1 aliphatic rings. The number of hydrogen-bond donors (Lipinski definition) is 1. The molecule has 0 spiro atoms. The summed E-state index contributed by atoms with van der Waals surface area (Å²) < 4.78 is 19.6. The number of hydrogen-bond acceptors (Lipinski definition) is 3. The zero-order valence-electron chi connectivity index (χ0n) is 14.0. The molecule has 0 saturated carbocycles. The summed E-state index contributed by atoms with van der Waals surface area (Å²) >= 11 is 0. The Morgan fingerprint density at radius 1 is 1.41 bits per heavy atom. The highest BCUT2D eigenvalue weighted by molar-refractivity contribution is 5.68. The van der Waals surface area contributed by atoms with Gasteiger partial charge in [-0.15, -0.1) is 0 Å². The van der Waals surface area contributed by atoms with Crippen LogP contribution in [-0.2, 0) is 11.3 Å². The maximum atomic E-state index is 14.1. The third-order valence-electron chi connectivity index (χ3n) is 3.91. The third-order valence-corrected chi connectivity index (χ3v) is 3.91. The zero-order chi connectivity index (χ0) is 16.7. The van der Waals surface area contributed by atoms with Crippen LogP contribution in [-0.4, -0.2) is 23.1 Å². The first-order valence-corrected chi connectivity index (χ1v) is 7.62. The average molecular weight is 308 g/mol. The molecule has 1 amide bonds. The molecule has 0 unspecified atom stereocenters. The van der Waals surface area contributed by atoms with Gasteiger partial charge in [0.25, 0.3) is 0 Å². The van der Waals surface area contributed by atoms with Crippen molar-refractivity contribution >= 4 is 6.09 Å². The summed E-state index contributed by atoms with van der Waals surface area (Å²) in [6.45, 7) is 9.91. The van der Waals surface area contributed by atoms with Crippen LogP contribution < -0.4 is 5.73 Å². The Balaban J connectivity index is 2.35. The van der Waals surface area contributed by atoms with Gasteiger partial charge in [0.15, 0.2) is 0 Å². The van der Waals surface area contributed by atoms with Crippen LogP contribution in [0.3, 0.4) is 0 Å². The topological polar surface area (TPSA) is 55.6 Å². The minimum atomic E-state index is -0.539. The molecule has 5 heteroatoms. The van der Waals surface area contributed by atoms with Crippen molar-refractivity contribution in [2.75, 3.05) is 6.54 Å². The van der Waals surface area contributed by atoms with Crippen molar-refractivity contribution in [1.82, 2.24) is 4.90 Å². The summed E-state index contributed by atoms with van der Waals surface area (Å²) in [6.07, 6.45) is 0.238. The van der Waals surface area contributed by atoms with Crippen LogP contribution in [0.2, 0.25) is 0 Å². The molecule has 2 rings (SSSR count). The van der Waals surface area contributed by atoms with E-state index in [9.17, 15) is 9.18 Å². The van der Waals surface area contributed by atoms with E-state index in [1.807, 2.05) is 20.8 Å². The number of carbonyl (C=O) groups excluding carboxylic acids is 1. The van der Waals surface area contributed by atoms with Crippen molar-refractivity contribution in [3.63, 3.8) is 0 Å². The van der Waals surface area contributed by atoms with Gasteiger partial charge in [-0.2, -0.15) is 0 Å². The second-order valence-corrected chi connectivity index (χ2v) is 7.00. The standard InChI is InChI=1S/C17H25FN2O2/c1-10-8-12-9-20(16(21)22-17(3,4)5)7-6-13(19)14(12)11(2)15(10)18/h8,13H,6-7,9,19H2,1-5H3/t13-/m0/s1. The molecule has 0 fully saturated rings. The van der Waals surface area contributed by atoms with Crippen LogP contribution in [0.5, 0.6) is 0 Å². The van der Waals surface area contributed by atoms with E-state index >= 15 is 0 Å². The molecule has 0 saturated heterocycles. The smallest absolute Gasteiger partial charge is 0.410 e. The van der Waals surface area contributed by atoms with Crippen molar-refractivity contribution in [3.05, 3.63) is 34.1 Å². The van der Waals surface area contributed by atoms with E-state index in [1.165, 1.54) is 0 Å². The fourth-order valence-corrected chi connectivity index (χ4v) is 2.91. The Kier molecular flexibility index (Phi) is 4.47. The third kappa shape index (κ3) is 3.40. The van der Waals surface area contributed by atoms with Crippen LogP contribution in [0.15, 0.2) is 6.07 Å². The molecule has 0 radical (unpaired) electrons. The molecular formula is C17H25FN2O2. The number of nitrogens with zero attached hydrogens (tertiary/aromatic N) is 1. The molecular weight excluding hydrogens is 283 g/mol. The van der Waals surface area contributed by atoms with Gasteiger partial charge < -0.3 is 15.4 Å². The number of fused-ring (bicyclic) bond motifs is 1. The van der Waals surface area contributed by atoms with Gasteiger partial charge in [0, 0.05) is 19.1 Å². The lowest BCUT2D eigenvalue weighted by Gasteiger charge is -2.26. The number of carbonyl (C=O) groups is 1. The van der Waals surface area contributed by atoms with Gasteiger partial charge in [-0.25, -0.2) is 9.18 Å². The molecule has 1 aliphatic heterocycles. The monoisotopic (exact) mass is 308 g/mol. The number of nitrogens with two attached hydrogens (primary N) is 1. The molecule has 0 aromatic heterocycles. The average Bonchev–Trinajstić information content (AvgIpc) is 2.53. The van der Waals surface area contributed by atoms with Crippen molar-refractivity contribution < 1.29 is 13.9 Å². The Hall–Kier alpha value is -1.62. The predicted octanol–water partition coefficient (Wildman–Crippen LogP) is 3.58. The molecule has 1 atom stereocenters. The predicted molar refractivity (Wildman–Crippen MR) is 84.1 cm³/mol. The highest BCUT2D eigenvalue weighted by Gasteiger charge is 2.28. The van der Waals surface area contributed by atoms with Crippen LogP contribution in [0, 0.1) is 19.7 Å². The highest BCUT2D eigenvalue weighted by Crippen LogP contribution is 2.31. The highest BCUT2D eigenvalue weighted by atomic mass is 19.1. The Bertz CT molecular complexity index is 593. The lowest BCUT2D eigenvalue weighted by atomic mass is 9.92. The SMILES string of the molecule is Cc1cc2c(c(C)c1F)[C@@H](N)CCN(C(=O)OC(C)(C)C)C2. The van der Waals surface area contributed by atoms with E-state index in [0.717, 1.165) is 11.1 Å². The number of aryl methyl sites for hydroxylation is 1. The van der Waals surface area contributed by atoms with Gasteiger partial charge in [-0.3, -0.25) is 0 Å². The second kappa shape index (κ2) is 5.88. The molecule has 2 N–H and O–H groups in total. The lowest BCUT2D eigenvalue weighted by Crippen LogP contribution is -2.36. The van der Waals surface area contributed by atoms with E-state index in [4.69, 9.17) is 10.5 Å². The van der Waals surface area contributed by atoms with E-state index in [0.29, 0.717) is 30.6 Å². The number of benzene rings is 1. The summed E-state index contributed by atoms with van der Waals surface area (Å²) in [6, 6.07) is 1.53. The Morgan fingerprint density at radius 2 is 2.05 bits per heavy atom. The molecule has 0 bridgehead atoms. The van der Waals surface area contributed by atoms with Crippen molar-refractivity contribution in [2.24, 2.45) is 5.73 Å². The number of rotatable bonds is 0. The van der Waals surface area contributed by atoms with Crippen molar-refractivity contribution in [2.45, 2.75) is 59.2 Å². The lowest BCUT2D eigenvalue weighted by molar-refractivity contribution is 0.0235. The minimum absolute atomic E-state index is 0.208. The largest absolute Gasteiger partial charge is 0.444 e. The summed E-state index contributed by atoms with van der Waals surface area (Å²) in [4.78, 5) is 14.0. The van der Waals surface area contributed by atoms with Crippen LogP contribution in [0.25, 0.3) is 0 Å². The quantitative estimate of drug-likeness (QED) is 0.797. The summed E-state index contributed by atoms with van der Waals surface area (Å²) in [7, 11) is 0. The first-order valence-electron chi connectivity index (χ1n) is 7.62. The molecule has 122 valence electrons. The van der Waals surface area contributed by atoms with E-state index in [2.05, 4.69) is 0 Å². The van der Waals surface area contributed by atoms with Crippen molar-refractivity contribution in [1.29, 1.82) is 0 Å². The Morgan fingerprint density at radius 3 is 2.64 bits per heavy atom. The normalized spacial score (nSPS) is 18.7. The molecule has 0 aliphatic carbocycles. The Labute approximate surface area is 131 Å². The minimum Gasteiger partial charge on any atom is -0.444 e. The van der Waals surface area contributed by atoms with Crippen molar-refractivity contribution in [3.8, 4) is 0 Å². The first-order chi connectivity index (χ1) is 10.1. The number of amides is 1. The molecule has 1 aromatic carbocycles. The van der Waals surface area contributed by atoms with Gasteiger partial charge in [0.1, 0.15) is 11.4 Å². The maximum absolute atomic E-state index is 14.1. The van der Waals surface area contributed by atoms with E-state index in [-0.39, 0.29) is 18.0 Å². The second-order valence-electron chi connectivity index (χ2n) is 7.00. The first kappa shape index (κ1) is 16.7. The van der Waals surface area contributed by atoms with Crippen LogP contribution in [0.1, 0.15) is 55.5 Å². The van der Waals surface area contributed by atoms with Gasteiger partial charge in [0.2, 0.25) is 0 Å². The summed E-state index contributed by atoms with van der Waals surface area (Å²) in [5, 5.41) is 0. The fraction of sp³-hybridized carbons (Fsp3) is 0.588. The number of ether oxygens (including phenoxy) is 1. The molecule has 1 aromatic rings. The molecule has 4 nitrogen and oxygen atoms in total. The van der Waals surface area contributed by atoms with Gasteiger partial charge in [0.05, 0.1) is 0 Å². The van der Waals surface area contributed by atoms with E-state index < -0.39 is 5.60 Å². The maximum Gasteiger partial charge on any atom is 0.410 e. The molecule has 1 heterocycles. The fourth-order valence-electron chi connectivity index (χ4n) is 2.91. The van der Waals surface area contributed by atoms with Gasteiger partial charge in [-0.1, -0.05) is 6.07 Å². The van der Waals surface area contributed by atoms with Crippen LogP contribution >= 0.6 is 0 Å². The van der Waals surface area contributed by atoms with Gasteiger partial charge in [-0.05, 0) is 63.3 Å². The van der Waals surface area contributed by atoms with Crippen LogP contribution in [0.4, 0.5) is 9.18 Å². The summed E-state index contributed by atoms with van der Waals surface area (Å²) in [5.74, 6) is -0.208. The van der Waals surface area contributed by atoms with E-state index in [1.54, 1.807) is 24.8 Å². The summed E-state index contributed by atoms with van der Waals surface area (Å²) in [5.41, 5.74) is 8.58. The number of halogens is 1. The molecule has 22 heavy (non-hydrogen) atoms. The van der Waals surface area contributed by atoms with Gasteiger partial charge >= 0.3 is 6.09 Å².